The van der Waals surface area contributed by atoms with Crippen LogP contribution in [0.15, 0.2) is 126 Å². The number of aliphatic hydroxyl groups excluding tert-OH is 1. The molecular formula is C37H34F2N6O4S. The second-order valence-electron chi connectivity index (χ2n) is 11.7. The minimum absolute atomic E-state index is 0.0138. The Hall–Kier alpha value is -5.34. The van der Waals surface area contributed by atoms with E-state index in [9.17, 15) is 27.4 Å². The van der Waals surface area contributed by atoms with Crippen molar-refractivity contribution in [3.63, 3.8) is 0 Å². The zero-order valence-electron chi connectivity index (χ0n) is 26.9. The maximum absolute atomic E-state index is 13.8. The van der Waals surface area contributed by atoms with E-state index in [1.807, 2.05) is 18.2 Å². The first-order chi connectivity index (χ1) is 24.0. The van der Waals surface area contributed by atoms with Crippen molar-refractivity contribution in [2.24, 2.45) is 0 Å². The number of hydrogen-bond acceptors (Lipinski definition) is 8. The third kappa shape index (κ3) is 7.61. The van der Waals surface area contributed by atoms with Gasteiger partial charge in [-0.05, 0) is 103 Å². The van der Waals surface area contributed by atoms with Crippen LogP contribution in [0, 0.1) is 18.6 Å². The Morgan fingerprint density at radius 2 is 1.46 bits per heavy atom. The van der Waals surface area contributed by atoms with Gasteiger partial charge in [-0.25, -0.2) is 17.2 Å². The Bertz CT molecular complexity index is 2100. The Morgan fingerprint density at radius 1 is 0.840 bits per heavy atom. The summed E-state index contributed by atoms with van der Waals surface area (Å²) in [5, 5.41) is 34.6. The molecule has 0 bridgehead atoms. The second-order valence-corrected chi connectivity index (χ2v) is 13.4. The highest BCUT2D eigenvalue weighted by Gasteiger charge is 2.39. The molecule has 0 amide bonds. The summed E-state index contributed by atoms with van der Waals surface area (Å²) in [6.45, 7) is 2.65. The fraction of sp³-hybridized carbons (Fsp3) is 0.162. The summed E-state index contributed by atoms with van der Waals surface area (Å²) in [7, 11) is -3.93. The number of hydrogen-bond donors (Lipinski definition) is 4. The van der Waals surface area contributed by atoms with Gasteiger partial charge < -0.3 is 15.5 Å². The zero-order valence-corrected chi connectivity index (χ0v) is 27.7. The molecule has 6 rings (SSSR count). The van der Waals surface area contributed by atoms with E-state index in [1.165, 1.54) is 77.6 Å². The molecule has 0 fully saturated rings. The predicted molar refractivity (Wildman–Crippen MR) is 184 cm³/mol. The van der Waals surface area contributed by atoms with Gasteiger partial charge in [0.2, 0.25) is 0 Å². The lowest BCUT2D eigenvalue weighted by Crippen LogP contribution is -2.30. The summed E-state index contributed by atoms with van der Waals surface area (Å²) in [5.41, 5.74) is 1.74. The lowest BCUT2D eigenvalue weighted by atomic mass is 9.83. The molecular weight excluding hydrogens is 663 g/mol. The number of anilines is 1. The molecule has 0 saturated carbocycles. The summed E-state index contributed by atoms with van der Waals surface area (Å²) in [6, 6.07) is 27.1. The van der Waals surface area contributed by atoms with Crippen molar-refractivity contribution in [1.82, 2.24) is 25.3 Å². The highest BCUT2D eigenvalue weighted by atomic mass is 32.2. The molecule has 0 saturated heterocycles. The molecule has 13 heteroatoms. The predicted octanol–water partition coefficient (Wildman–Crippen LogP) is 5.20. The van der Waals surface area contributed by atoms with Crippen molar-refractivity contribution in [1.29, 1.82) is 0 Å². The van der Waals surface area contributed by atoms with Gasteiger partial charge >= 0.3 is 0 Å². The summed E-state index contributed by atoms with van der Waals surface area (Å²) in [6.07, 6.45) is 3.31. The van der Waals surface area contributed by atoms with E-state index in [4.69, 9.17) is 0 Å². The van der Waals surface area contributed by atoms with E-state index in [2.05, 4.69) is 25.2 Å². The van der Waals surface area contributed by atoms with Gasteiger partial charge in [0.25, 0.3) is 10.0 Å². The summed E-state index contributed by atoms with van der Waals surface area (Å²) >= 11 is 0. The van der Waals surface area contributed by atoms with Crippen molar-refractivity contribution in [2.75, 3.05) is 17.8 Å². The van der Waals surface area contributed by atoms with E-state index >= 15 is 0 Å². The molecule has 256 valence electrons. The number of aliphatic hydroxyl groups is 2. The van der Waals surface area contributed by atoms with Crippen molar-refractivity contribution in [3.05, 3.63) is 167 Å². The smallest absolute Gasteiger partial charge is 0.261 e. The number of aromatic nitrogens is 4. The van der Waals surface area contributed by atoms with Gasteiger partial charge in [-0.2, -0.15) is 9.90 Å². The van der Waals surface area contributed by atoms with E-state index in [-0.39, 0.29) is 10.6 Å². The van der Waals surface area contributed by atoms with E-state index in [0.717, 1.165) is 11.1 Å². The van der Waals surface area contributed by atoms with Gasteiger partial charge in [-0.1, -0.05) is 42.5 Å². The van der Waals surface area contributed by atoms with Gasteiger partial charge in [0.05, 0.1) is 22.4 Å². The fourth-order valence-electron chi connectivity index (χ4n) is 5.53. The standard InChI is InChI=1S/C37H34F2N6O4S/c1-25-36(37(47,28-6-10-30(38)11-7-28)29-8-12-31(39)13-9-29)43-45(42-25)33-16-18-34(19-17-33)50(48,49)44-32-14-4-26(5-15-32)20-22-41-24-35(46)27-3-2-21-40-23-27/h2-19,21,23,35,41,44,46-47H,20,22,24H2,1H3. The average molecular weight is 697 g/mol. The van der Waals surface area contributed by atoms with Gasteiger partial charge in [-0.15, -0.1) is 5.10 Å². The van der Waals surface area contributed by atoms with E-state index in [0.29, 0.717) is 47.7 Å². The number of sulfonamides is 1. The highest BCUT2D eigenvalue weighted by molar-refractivity contribution is 7.92. The van der Waals surface area contributed by atoms with Crippen molar-refractivity contribution >= 4 is 15.7 Å². The van der Waals surface area contributed by atoms with Crippen LogP contribution in [0.2, 0.25) is 0 Å². The van der Waals surface area contributed by atoms with Crippen LogP contribution >= 0.6 is 0 Å². The minimum atomic E-state index is -3.93. The van der Waals surface area contributed by atoms with Crippen molar-refractivity contribution in [3.8, 4) is 5.69 Å². The minimum Gasteiger partial charge on any atom is -0.387 e. The Labute approximate surface area is 288 Å². The van der Waals surface area contributed by atoms with Crippen LogP contribution < -0.4 is 10.0 Å². The van der Waals surface area contributed by atoms with Crippen molar-refractivity contribution < 1.29 is 27.4 Å². The summed E-state index contributed by atoms with van der Waals surface area (Å²) < 4.78 is 56.6. The first-order valence-electron chi connectivity index (χ1n) is 15.7. The number of halogens is 2. The van der Waals surface area contributed by atoms with Gasteiger partial charge in [0.1, 0.15) is 17.3 Å². The Kier molecular flexibility index (Phi) is 10.1. The molecule has 1 unspecified atom stereocenters. The van der Waals surface area contributed by atoms with Crippen LogP contribution in [0.25, 0.3) is 5.69 Å². The molecule has 0 radical (unpaired) electrons. The largest absolute Gasteiger partial charge is 0.387 e. The molecule has 50 heavy (non-hydrogen) atoms. The SMILES string of the molecule is Cc1nn(-c2ccc(S(=O)(=O)Nc3ccc(CCNCC(O)c4cccnc4)cc3)cc2)nc1C(O)(c1ccc(F)cc1)c1ccc(F)cc1. The number of nitrogens with one attached hydrogen (secondary N) is 2. The van der Waals surface area contributed by atoms with Gasteiger partial charge in [0, 0.05) is 30.2 Å². The molecule has 10 nitrogen and oxygen atoms in total. The lowest BCUT2D eigenvalue weighted by Gasteiger charge is -2.28. The maximum atomic E-state index is 13.8. The van der Waals surface area contributed by atoms with Crippen LogP contribution in [0.5, 0.6) is 0 Å². The van der Waals surface area contributed by atoms with Crippen LogP contribution in [0.3, 0.4) is 0 Å². The third-order valence-electron chi connectivity index (χ3n) is 8.23. The van der Waals surface area contributed by atoms with E-state index < -0.39 is 33.4 Å². The molecule has 1 atom stereocenters. The van der Waals surface area contributed by atoms with E-state index in [1.54, 1.807) is 37.5 Å². The number of benzene rings is 4. The Balaban J connectivity index is 1.13. The quantitative estimate of drug-likeness (QED) is 0.121. The molecule has 6 aromatic rings. The number of rotatable bonds is 13. The van der Waals surface area contributed by atoms with Crippen LogP contribution in [-0.4, -0.2) is 51.7 Å². The monoisotopic (exact) mass is 696 g/mol. The molecule has 4 aromatic carbocycles. The second kappa shape index (κ2) is 14.6. The first kappa shape index (κ1) is 34.5. The molecule has 0 spiro atoms. The average Bonchev–Trinajstić information content (AvgIpc) is 3.53. The molecule has 0 aliphatic heterocycles. The van der Waals surface area contributed by atoms with Crippen LogP contribution in [0.1, 0.15) is 39.7 Å². The number of pyridine rings is 1. The molecule has 2 heterocycles. The topological polar surface area (TPSA) is 142 Å². The Morgan fingerprint density at radius 3 is 2.04 bits per heavy atom. The molecule has 2 aromatic heterocycles. The number of nitrogens with zero attached hydrogens (tertiary/aromatic N) is 4. The third-order valence-corrected chi connectivity index (χ3v) is 9.63. The zero-order chi connectivity index (χ0) is 35.3. The lowest BCUT2D eigenvalue weighted by molar-refractivity contribution is 0.119. The van der Waals surface area contributed by atoms with Crippen LogP contribution in [-0.2, 0) is 22.0 Å². The molecule has 4 N–H and O–H groups in total. The maximum Gasteiger partial charge on any atom is 0.261 e. The fourth-order valence-corrected chi connectivity index (χ4v) is 6.58. The van der Waals surface area contributed by atoms with Crippen molar-refractivity contribution in [2.45, 2.75) is 29.9 Å². The summed E-state index contributed by atoms with van der Waals surface area (Å²) in [4.78, 5) is 5.29. The van der Waals surface area contributed by atoms with Crippen LogP contribution in [0.4, 0.5) is 14.5 Å². The summed E-state index contributed by atoms with van der Waals surface area (Å²) in [5.74, 6) is -0.980. The molecule has 0 aliphatic rings. The van der Waals surface area contributed by atoms with Gasteiger partial charge in [0.15, 0.2) is 5.60 Å². The molecule has 0 aliphatic carbocycles. The highest BCUT2D eigenvalue weighted by Crippen LogP contribution is 2.37. The number of aryl methyl sites for hydroxylation is 1. The van der Waals surface area contributed by atoms with Gasteiger partial charge in [-0.3, -0.25) is 9.71 Å². The first-order valence-corrected chi connectivity index (χ1v) is 17.2. The normalized spacial score (nSPS) is 12.5.